The van der Waals surface area contributed by atoms with Crippen LogP contribution in [0.2, 0.25) is 15.1 Å². The highest BCUT2D eigenvalue weighted by Gasteiger charge is 2.67. The van der Waals surface area contributed by atoms with Crippen LogP contribution in [0.5, 0.6) is 11.5 Å². The lowest BCUT2D eigenvalue weighted by Gasteiger charge is -2.49. The molecule has 2 saturated heterocycles. The fourth-order valence-corrected chi connectivity index (χ4v) is 8.73. The fourth-order valence-electron chi connectivity index (χ4n) is 8.16. The van der Waals surface area contributed by atoms with E-state index in [-0.39, 0.29) is 46.0 Å². The number of amides is 4. The van der Waals surface area contributed by atoms with Crippen molar-refractivity contribution in [1.82, 2.24) is 0 Å². The van der Waals surface area contributed by atoms with Gasteiger partial charge < -0.3 is 9.84 Å². The number of rotatable bonds is 4. The van der Waals surface area contributed by atoms with E-state index in [1.54, 1.807) is 31.2 Å². The quantitative estimate of drug-likeness (QED) is 0.228. The van der Waals surface area contributed by atoms with Gasteiger partial charge >= 0.3 is 0 Å². The average Bonchev–Trinajstić information content (AvgIpc) is 3.40. The summed E-state index contributed by atoms with van der Waals surface area (Å²) in [6.45, 7) is 3.52. The Morgan fingerprint density at radius 2 is 1.55 bits per heavy atom. The molecule has 2 heterocycles. The van der Waals surface area contributed by atoms with E-state index in [4.69, 9.17) is 39.5 Å². The molecular weight excluding hydrogens is 670 g/mol. The van der Waals surface area contributed by atoms with E-state index < -0.39 is 58.5 Å². The zero-order chi connectivity index (χ0) is 33.7. The highest BCUT2D eigenvalue weighted by molar-refractivity contribution is 6.33. The summed E-state index contributed by atoms with van der Waals surface area (Å²) < 4.78 is 19.5. The first kappa shape index (κ1) is 31.7. The van der Waals surface area contributed by atoms with Gasteiger partial charge in [-0.15, -0.1) is 0 Å². The molecule has 0 spiro atoms. The van der Waals surface area contributed by atoms with Crippen molar-refractivity contribution < 1.29 is 33.4 Å². The molecule has 7 rings (SSSR count). The first-order chi connectivity index (χ1) is 22.3. The number of hydrogen-bond donors (Lipinski definition) is 1. The van der Waals surface area contributed by atoms with E-state index in [0.29, 0.717) is 16.3 Å². The second kappa shape index (κ2) is 11.1. The Hall–Kier alpha value is -3.92. The Kier molecular flexibility index (Phi) is 7.46. The molecule has 0 radical (unpaired) electrons. The van der Waals surface area contributed by atoms with Gasteiger partial charge in [0.05, 0.1) is 51.7 Å². The van der Waals surface area contributed by atoms with Gasteiger partial charge in [0.25, 0.3) is 0 Å². The van der Waals surface area contributed by atoms with Crippen molar-refractivity contribution in [2.24, 2.45) is 29.1 Å². The Morgan fingerprint density at radius 3 is 2.23 bits per heavy atom. The summed E-state index contributed by atoms with van der Waals surface area (Å²) in [6.07, 6.45) is 2.24. The van der Waals surface area contributed by atoms with Gasteiger partial charge in [-0.25, -0.2) is 14.2 Å². The third kappa shape index (κ3) is 4.46. The van der Waals surface area contributed by atoms with Crippen LogP contribution < -0.4 is 14.5 Å². The Labute approximate surface area is 284 Å². The summed E-state index contributed by atoms with van der Waals surface area (Å²) in [5.74, 6) is -6.56. The molecule has 8 nitrogen and oxygen atoms in total. The number of halogens is 4. The van der Waals surface area contributed by atoms with E-state index in [1.165, 1.54) is 30.2 Å². The van der Waals surface area contributed by atoms with Crippen LogP contribution in [-0.2, 0) is 19.2 Å². The molecule has 0 bridgehead atoms. The summed E-state index contributed by atoms with van der Waals surface area (Å²) in [7, 11) is 1.37. The Balaban J connectivity index is 1.39. The van der Waals surface area contributed by atoms with Crippen LogP contribution >= 0.6 is 34.8 Å². The number of carbonyl (C=O) groups is 4. The second-order valence-corrected chi connectivity index (χ2v) is 14.0. The van der Waals surface area contributed by atoms with Crippen LogP contribution in [0.4, 0.5) is 15.8 Å². The van der Waals surface area contributed by atoms with Crippen LogP contribution in [-0.4, -0.2) is 35.8 Å². The van der Waals surface area contributed by atoms with Gasteiger partial charge in [-0.05, 0) is 86.2 Å². The largest absolute Gasteiger partial charge is 0.503 e. The number of fused-ring (bicyclic) bond motifs is 4. The molecular formula is C35H28Cl3FN2O6. The van der Waals surface area contributed by atoms with Crippen LogP contribution in [0.25, 0.3) is 0 Å². The monoisotopic (exact) mass is 696 g/mol. The molecule has 1 N–H and O–H groups in total. The second-order valence-electron chi connectivity index (χ2n) is 12.8. The van der Waals surface area contributed by atoms with Gasteiger partial charge in [0, 0.05) is 10.9 Å². The van der Waals surface area contributed by atoms with Gasteiger partial charge in [0.15, 0.2) is 11.5 Å². The molecule has 242 valence electrons. The molecule has 2 aliphatic heterocycles. The van der Waals surface area contributed by atoms with Crippen molar-refractivity contribution in [3.05, 3.63) is 92.2 Å². The predicted octanol–water partition coefficient (Wildman–Crippen LogP) is 7.24. The number of allylic oxidation sites excluding steroid dienone is 2. The van der Waals surface area contributed by atoms with Crippen molar-refractivity contribution in [3.8, 4) is 11.5 Å². The fraction of sp³-hybridized carbons (Fsp3) is 0.314. The number of methoxy groups -OCH3 is 1. The number of benzene rings is 3. The molecule has 0 aromatic heterocycles. The number of aromatic hydroxyl groups is 1. The summed E-state index contributed by atoms with van der Waals surface area (Å²) in [5.41, 5.74) is 1.10. The van der Waals surface area contributed by atoms with Gasteiger partial charge in [-0.2, -0.15) is 0 Å². The smallest absolute Gasteiger partial charge is 0.241 e. The third-order valence-corrected chi connectivity index (χ3v) is 11.4. The molecule has 3 aromatic rings. The summed E-state index contributed by atoms with van der Waals surface area (Å²) in [4.78, 5) is 59.2. The van der Waals surface area contributed by atoms with E-state index in [1.807, 2.05) is 13.0 Å². The number of anilines is 2. The van der Waals surface area contributed by atoms with Crippen LogP contribution in [0.1, 0.15) is 36.8 Å². The van der Waals surface area contributed by atoms with Crippen molar-refractivity contribution >= 4 is 69.8 Å². The third-order valence-electron chi connectivity index (χ3n) is 10.5. The standard InChI is InChI=1S/C35H28Cl3FN2O6/c1-15-4-5-17(12-23(15)36)40-31(43)20-8-7-19-21(28(20)33(40)45)14-22-32(44)41(18-6-9-26(39)24(37)13-18)34(46)35(22,2)29(19)16-10-25(38)30(42)27(11-16)47-3/h4-7,9-13,20-22,28-29,42H,8,14H2,1-3H3. The Morgan fingerprint density at radius 1 is 0.872 bits per heavy atom. The number of carbonyl (C=O) groups excluding carboxylic acids is 4. The van der Waals surface area contributed by atoms with Gasteiger partial charge in [0.1, 0.15) is 5.82 Å². The number of phenols is 1. The summed E-state index contributed by atoms with van der Waals surface area (Å²) in [5, 5.41) is 10.7. The van der Waals surface area contributed by atoms with Gasteiger partial charge in [-0.1, -0.05) is 52.5 Å². The number of nitrogens with zero attached hydrogens (tertiary/aromatic N) is 2. The molecule has 4 amide bonds. The molecule has 4 aliphatic rings. The topological polar surface area (TPSA) is 104 Å². The molecule has 1 saturated carbocycles. The zero-order valence-corrected chi connectivity index (χ0v) is 27.7. The molecule has 6 atom stereocenters. The molecule has 3 aromatic carbocycles. The first-order valence-electron chi connectivity index (χ1n) is 15.0. The molecule has 3 fully saturated rings. The number of phenolic OH excluding ortho intramolecular Hbond substituents is 1. The average molecular weight is 698 g/mol. The zero-order valence-electron chi connectivity index (χ0n) is 25.4. The summed E-state index contributed by atoms with van der Waals surface area (Å²) in [6, 6.07) is 11.8. The Bertz CT molecular complexity index is 1970. The molecule has 12 heteroatoms. The van der Waals surface area contributed by atoms with Gasteiger partial charge in [0.2, 0.25) is 23.6 Å². The maximum absolute atomic E-state index is 14.6. The van der Waals surface area contributed by atoms with Crippen molar-refractivity contribution in [1.29, 1.82) is 0 Å². The molecule has 47 heavy (non-hydrogen) atoms. The van der Waals surface area contributed by atoms with E-state index in [9.17, 15) is 28.7 Å². The predicted molar refractivity (Wildman–Crippen MR) is 174 cm³/mol. The lowest BCUT2D eigenvalue weighted by molar-refractivity contribution is -0.131. The van der Waals surface area contributed by atoms with Crippen LogP contribution in [0.15, 0.2) is 60.2 Å². The van der Waals surface area contributed by atoms with Gasteiger partial charge in [-0.3, -0.25) is 19.2 Å². The lowest BCUT2D eigenvalue weighted by atomic mass is 9.51. The van der Waals surface area contributed by atoms with Crippen LogP contribution in [0.3, 0.4) is 0 Å². The van der Waals surface area contributed by atoms with E-state index in [0.717, 1.165) is 22.1 Å². The van der Waals surface area contributed by atoms with E-state index in [2.05, 4.69) is 0 Å². The molecule has 2 aliphatic carbocycles. The normalized spacial score (nSPS) is 28.3. The highest BCUT2D eigenvalue weighted by Crippen LogP contribution is 2.64. The first-order valence-corrected chi connectivity index (χ1v) is 16.2. The SMILES string of the molecule is COc1cc(C2C3=CCC4C(=O)N(c5ccc(C)c(Cl)c5)C(=O)C4C3CC3C(=O)N(c4ccc(F)c(Cl)c4)C(=O)C32C)cc(Cl)c1O. The molecule has 6 unspecified atom stereocenters. The highest BCUT2D eigenvalue weighted by atomic mass is 35.5. The maximum Gasteiger partial charge on any atom is 0.241 e. The minimum atomic E-state index is -1.39. The van der Waals surface area contributed by atoms with Crippen molar-refractivity contribution in [2.75, 3.05) is 16.9 Å². The number of imide groups is 2. The summed E-state index contributed by atoms with van der Waals surface area (Å²) >= 11 is 18.9. The number of hydrogen-bond acceptors (Lipinski definition) is 6. The minimum absolute atomic E-state index is 0.0237. The van der Waals surface area contributed by atoms with E-state index >= 15 is 0 Å². The number of ether oxygens (including phenoxy) is 1. The van der Waals surface area contributed by atoms with Crippen molar-refractivity contribution in [2.45, 2.75) is 32.6 Å². The minimum Gasteiger partial charge on any atom is -0.503 e. The number of aryl methyl sites for hydroxylation is 1. The van der Waals surface area contributed by atoms with Crippen LogP contribution in [0, 0.1) is 41.8 Å². The maximum atomic E-state index is 14.6. The van der Waals surface area contributed by atoms with Crippen molar-refractivity contribution in [3.63, 3.8) is 0 Å². The lowest BCUT2D eigenvalue weighted by Crippen LogP contribution is -2.48.